The molecule has 0 spiro atoms. The van der Waals surface area contributed by atoms with Crippen molar-refractivity contribution in [3.63, 3.8) is 0 Å². The van der Waals surface area contributed by atoms with Gasteiger partial charge in [0.2, 0.25) is 0 Å². The van der Waals surface area contributed by atoms with Crippen LogP contribution in [-0.2, 0) is 13.6 Å². The Morgan fingerprint density at radius 3 is 2.78 bits per heavy atom. The largest absolute Gasteiger partial charge is 0.355 e. The topological polar surface area (TPSA) is 63.0 Å². The number of nitrogens with zero attached hydrogens (tertiary/aromatic N) is 7. The van der Waals surface area contributed by atoms with Gasteiger partial charge in [-0.05, 0) is 25.5 Å². The van der Waals surface area contributed by atoms with Crippen LogP contribution in [0.3, 0.4) is 0 Å². The normalized spacial score (nSPS) is 15.7. The van der Waals surface area contributed by atoms with Gasteiger partial charge in [0.15, 0.2) is 5.82 Å². The number of pyridine rings is 1. The molecule has 27 heavy (non-hydrogen) atoms. The molecular weight excluding hydrogens is 338 g/mol. The Bertz CT molecular complexity index is 890. The molecule has 1 fully saturated rings. The molecule has 3 aromatic heterocycles. The van der Waals surface area contributed by atoms with Gasteiger partial charge in [0, 0.05) is 81.2 Å². The Labute approximate surface area is 159 Å². The van der Waals surface area contributed by atoms with Gasteiger partial charge in [-0.3, -0.25) is 14.6 Å². The highest BCUT2D eigenvalue weighted by atomic mass is 15.3. The molecule has 0 bridgehead atoms. The molecule has 0 aliphatic carbocycles. The first-order chi connectivity index (χ1) is 13.2. The Morgan fingerprint density at radius 2 is 2.00 bits per heavy atom. The van der Waals surface area contributed by atoms with Crippen molar-refractivity contribution in [1.29, 1.82) is 0 Å². The smallest absolute Gasteiger partial charge is 0.163 e. The van der Waals surface area contributed by atoms with E-state index in [0.717, 1.165) is 62.0 Å². The highest BCUT2D eigenvalue weighted by Crippen LogP contribution is 2.21. The van der Waals surface area contributed by atoms with Gasteiger partial charge in [0.05, 0.1) is 6.20 Å². The quantitative estimate of drug-likeness (QED) is 0.709. The van der Waals surface area contributed by atoms with Crippen molar-refractivity contribution in [3.8, 4) is 11.4 Å². The molecule has 3 aromatic rings. The first kappa shape index (κ1) is 17.6. The molecule has 0 atom stereocenters. The molecule has 0 aromatic carbocycles. The molecule has 0 saturated carbocycles. The van der Waals surface area contributed by atoms with Crippen LogP contribution in [0.4, 0.5) is 5.82 Å². The second kappa shape index (κ2) is 7.84. The highest BCUT2D eigenvalue weighted by Gasteiger charge is 2.18. The zero-order chi connectivity index (χ0) is 18.6. The first-order valence-electron chi connectivity index (χ1n) is 9.38. The van der Waals surface area contributed by atoms with E-state index in [1.807, 2.05) is 43.2 Å². The van der Waals surface area contributed by atoms with E-state index < -0.39 is 0 Å². The summed E-state index contributed by atoms with van der Waals surface area (Å²) in [6.45, 7) is 7.05. The average Bonchev–Trinajstić information content (AvgIpc) is 2.94. The summed E-state index contributed by atoms with van der Waals surface area (Å²) < 4.78 is 1.86. The molecule has 1 aliphatic heterocycles. The lowest BCUT2D eigenvalue weighted by Crippen LogP contribution is -2.31. The molecule has 4 heterocycles. The van der Waals surface area contributed by atoms with Crippen molar-refractivity contribution >= 4 is 5.82 Å². The maximum absolute atomic E-state index is 4.82. The Kier molecular flexibility index (Phi) is 5.11. The molecule has 1 saturated heterocycles. The fourth-order valence-electron chi connectivity index (χ4n) is 3.51. The lowest BCUT2D eigenvalue weighted by molar-refractivity contribution is 0.285. The summed E-state index contributed by atoms with van der Waals surface area (Å²) in [7, 11) is 1.96. The van der Waals surface area contributed by atoms with Crippen LogP contribution in [0.25, 0.3) is 11.4 Å². The lowest BCUT2D eigenvalue weighted by atomic mass is 10.2. The average molecular weight is 363 g/mol. The summed E-state index contributed by atoms with van der Waals surface area (Å²) >= 11 is 0. The monoisotopic (exact) mass is 363 g/mol. The van der Waals surface area contributed by atoms with Crippen molar-refractivity contribution in [2.75, 3.05) is 31.1 Å². The fourth-order valence-corrected chi connectivity index (χ4v) is 3.51. The van der Waals surface area contributed by atoms with E-state index in [0.29, 0.717) is 0 Å². The minimum atomic E-state index is 0.745. The van der Waals surface area contributed by atoms with Crippen LogP contribution in [0, 0.1) is 6.92 Å². The van der Waals surface area contributed by atoms with Gasteiger partial charge in [-0.2, -0.15) is 5.10 Å². The van der Waals surface area contributed by atoms with E-state index in [1.165, 1.54) is 5.56 Å². The zero-order valence-electron chi connectivity index (χ0n) is 15.9. The molecule has 7 heteroatoms. The number of aromatic nitrogens is 5. The van der Waals surface area contributed by atoms with Crippen LogP contribution < -0.4 is 4.90 Å². The molecular formula is C20H25N7. The summed E-state index contributed by atoms with van der Waals surface area (Å²) in [6.07, 6.45) is 8.75. The van der Waals surface area contributed by atoms with Gasteiger partial charge in [-0.25, -0.2) is 9.97 Å². The van der Waals surface area contributed by atoms with Crippen LogP contribution in [0.1, 0.15) is 17.7 Å². The maximum atomic E-state index is 4.82. The molecule has 0 unspecified atom stereocenters. The number of hydrogen-bond donors (Lipinski definition) is 0. The Hall–Kier alpha value is -2.80. The number of hydrogen-bond acceptors (Lipinski definition) is 6. The number of rotatable bonds is 4. The second-order valence-corrected chi connectivity index (χ2v) is 7.07. The summed E-state index contributed by atoms with van der Waals surface area (Å²) in [4.78, 5) is 18.5. The van der Waals surface area contributed by atoms with Crippen LogP contribution in [0.15, 0.2) is 43.0 Å². The van der Waals surface area contributed by atoms with E-state index in [1.54, 1.807) is 6.20 Å². The van der Waals surface area contributed by atoms with Gasteiger partial charge < -0.3 is 4.90 Å². The second-order valence-electron chi connectivity index (χ2n) is 7.07. The molecule has 0 amide bonds. The summed E-state index contributed by atoms with van der Waals surface area (Å²) in [6, 6.07) is 6.00. The summed E-state index contributed by atoms with van der Waals surface area (Å²) in [5.41, 5.74) is 3.20. The van der Waals surface area contributed by atoms with Gasteiger partial charge in [0.25, 0.3) is 0 Å². The fraction of sp³-hybridized carbons (Fsp3) is 0.400. The van der Waals surface area contributed by atoms with Crippen molar-refractivity contribution in [2.45, 2.75) is 19.9 Å². The highest BCUT2D eigenvalue weighted by molar-refractivity contribution is 5.56. The first-order valence-corrected chi connectivity index (χ1v) is 9.38. The predicted octanol–water partition coefficient (Wildman–Crippen LogP) is 2.29. The van der Waals surface area contributed by atoms with Gasteiger partial charge in [-0.15, -0.1) is 0 Å². The van der Waals surface area contributed by atoms with Crippen LogP contribution in [-0.4, -0.2) is 55.8 Å². The predicted molar refractivity (Wildman–Crippen MR) is 105 cm³/mol. The van der Waals surface area contributed by atoms with E-state index >= 15 is 0 Å². The third-order valence-corrected chi connectivity index (χ3v) is 4.84. The third kappa shape index (κ3) is 4.31. The summed E-state index contributed by atoms with van der Waals surface area (Å²) in [5.74, 6) is 1.75. The van der Waals surface area contributed by atoms with Gasteiger partial charge >= 0.3 is 0 Å². The minimum Gasteiger partial charge on any atom is -0.355 e. The lowest BCUT2D eigenvalue weighted by Gasteiger charge is -2.23. The van der Waals surface area contributed by atoms with E-state index in [4.69, 9.17) is 4.98 Å². The zero-order valence-corrected chi connectivity index (χ0v) is 15.9. The maximum Gasteiger partial charge on any atom is 0.163 e. The SMILES string of the molecule is Cc1cc(N2CCCN(Cc3cnn(C)c3)CC2)nc(-c2cccnc2)n1. The Morgan fingerprint density at radius 1 is 1.07 bits per heavy atom. The molecule has 0 N–H and O–H groups in total. The standard InChI is InChI=1S/C20H25N7/c1-16-11-19(24-20(23-16)18-5-3-6-21-13-18)27-8-4-7-26(9-10-27)15-17-12-22-25(2)14-17/h3,5-6,11-14H,4,7-10,15H2,1-2H3. The van der Waals surface area contributed by atoms with E-state index in [2.05, 4.69) is 37.1 Å². The molecule has 7 nitrogen and oxygen atoms in total. The van der Waals surface area contributed by atoms with Crippen LogP contribution in [0.2, 0.25) is 0 Å². The van der Waals surface area contributed by atoms with Crippen molar-refractivity contribution < 1.29 is 0 Å². The van der Waals surface area contributed by atoms with Crippen molar-refractivity contribution in [1.82, 2.24) is 29.6 Å². The van der Waals surface area contributed by atoms with Gasteiger partial charge in [-0.1, -0.05) is 0 Å². The third-order valence-electron chi connectivity index (χ3n) is 4.84. The van der Waals surface area contributed by atoms with Gasteiger partial charge in [0.1, 0.15) is 5.82 Å². The van der Waals surface area contributed by atoms with Crippen molar-refractivity contribution in [3.05, 3.63) is 54.2 Å². The number of anilines is 1. The Balaban J connectivity index is 1.48. The van der Waals surface area contributed by atoms with E-state index in [-0.39, 0.29) is 0 Å². The molecule has 4 rings (SSSR count). The van der Waals surface area contributed by atoms with E-state index in [9.17, 15) is 0 Å². The molecule has 0 radical (unpaired) electrons. The number of aryl methyl sites for hydroxylation is 2. The van der Waals surface area contributed by atoms with Crippen LogP contribution in [0.5, 0.6) is 0 Å². The summed E-state index contributed by atoms with van der Waals surface area (Å²) in [5, 5.41) is 4.27. The van der Waals surface area contributed by atoms with Crippen LogP contribution >= 0.6 is 0 Å². The molecule has 140 valence electrons. The minimum absolute atomic E-state index is 0.745. The molecule has 1 aliphatic rings. The van der Waals surface area contributed by atoms with Crippen molar-refractivity contribution in [2.24, 2.45) is 7.05 Å².